The molecule has 0 aliphatic rings. The highest BCUT2D eigenvalue weighted by atomic mass is 16.3. The van der Waals surface area contributed by atoms with E-state index in [9.17, 15) is 9.90 Å². The first-order valence-corrected chi connectivity index (χ1v) is 4.36. The number of anilines is 1. The first-order valence-electron chi connectivity index (χ1n) is 4.36. The Labute approximate surface area is 82.8 Å². The van der Waals surface area contributed by atoms with Crippen LogP contribution in [0, 0.1) is 6.92 Å². The number of nitrogens with two attached hydrogens (primary N) is 1. The van der Waals surface area contributed by atoms with Crippen LogP contribution in [0.25, 0.3) is 0 Å². The van der Waals surface area contributed by atoms with Crippen molar-refractivity contribution >= 4 is 12.1 Å². The summed E-state index contributed by atoms with van der Waals surface area (Å²) in [6.07, 6.45) is 2.26. The molecule has 0 aliphatic heterocycles. The van der Waals surface area contributed by atoms with Gasteiger partial charge in [0.1, 0.15) is 12.1 Å². The zero-order valence-electron chi connectivity index (χ0n) is 8.32. The van der Waals surface area contributed by atoms with Crippen LogP contribution in [0.5, 0.6) is 0 Å². The Kier molecular flexibility index (Phi) is 2.86. The Bertz CT molecular complexity index is 328. The molecule has 0 saturated carbocycles. The summed E-state index contributed by atoms with van der Waals surface area (Å²) in [5.74, 6) is 0.275. The van der Waals surface area contributed by atoms with Crippen LogP contribution in [0.4, 0.5) is 5.82 Å². The summed E-state index contributed by atoms with van der Waals surface area (Å²) >= 11 is 0. The minimum absolute atomic E-state index is 0.0176. The van der Waals surface area contributed by atoms with Gasteiger partial charge in [0.2, 0.25) is 0 Å². The van der Waals surface area contributed by atoms with Gasteiger partial charge in [-0.3, -0.25) is 0 Å². The molecule has 3 N–H and O–H groups in total. The molecule has 1 unspecified atom stereocenters. The number of pyridine rings is 1. The quantitative estimate of drug-likeness (QED) is 0.697. The standard InChI is InChI=1S/C10H14N2O2/c1-7-3-5-12-9(11)8(7)10(2,14)4-6-13/h3,5-6,14H,4H2,1-2H3,(H2,11,12). The first kappa shape index (κ1) is 10.7. The van der Waals surface area contributed by atoms with E-state index in [0.29, 0.717) is 11.8 Å². The van der Waals surface area contributed by atoms with E-state index in [-0.39, 0.29) is 12.2 Å². The van der Waals surface area contributed by atoms with Gasteiger partial charge in [-0.25, -0.2) is 4.98 Å². The van der Waals surface area contributed by atoms with Crippen molar-refractivity contribution < 1.29 is 9.90 Å². The van der Waals surface area contributed by atoms with E-state index in [2.05, 4.69) is 4.98 Å². The third-order valence-electron chi connectivity index (χ3n) is 2.21. The van der Waals surface area contributed by atoms with Crippen molar-refractivity contribution in [1.82, 2.24) is 4.98 Å². The second-order valence-corrected chi connectivity index (χ2v) is 3.53. The second-order valence-electron chi connectivity index (χ2n) is 3.53. The normalized spacial score (nSPS) is 14.8. The van der Waals surface area contributed by atoms with Gasteiger partial charge in [0.25, 0.3) is 0 Å². The number of carbonyl (C=O) groups is 1. The minimum atomic E-state index is -1.23. The lowest BCUT2D eigenvalue weighted by molar-refractivity contribution is -0.112. The van der Waals surface area contributed by atoms with E-state index in [1.165, 1.54) is 0 Å². The molecule has 1 atom stereocenters. The molecule has 1 heterocycles. The molecule has 0 radical (unpaired) electrons. The monoisotopic (exact) mass is 194 g/mol. The molecule has 4 nitrogen and oxygen atoms in total. The average Bonchev–Trinajstić information content (AvgIpc) is 2.02. The fraction of sp³-hybridized carbons (Fsp3) is 0.400. The van der Waals surface area contributed by atoms with E-state index < -0.39 is 5.60 Å². The molecule has 0 fully saturated rings. The number of rotatable bonds is 3. The SMILES string of the molecule is Cc1ccnc(N)c1C(C)(O)CC=O. The Morgan fingerprint density at radius 1 is 1.71 bits per heavy atom. The number of aromatic nitrogens is 1. The molecule has 4 heteroatoms. The van der Waals surface area contributed by atoms with Crippen molar-refractivity contribution in [3.8, 4) is 0 Å². The maximum atomic E-state index is 10.4. The maximum Gasteiger partial charge on any atom is 0.129 e. The lowest BCUT2D eigenvalue weighted by Crippen LogP contribution is -2.25. The fourth-order valence-electron chi connectivity index (χ4n) is 1.54. The van der Waals surface area contributed by atoms with Crippen molar-refractivity contribution in [2.24, 2.45) is 0 Å². The second kappa shape index (κ2) is 3.75. The van der Waals surface area contributed by atoms with Crippen LogP contribution in [0.15, 0.2) is 12.3 Å². The van der Waals surface area contributed by atoms with E-state index in [1.54, 1.807) is 19.2 Å². The fourth-order valence-corrected chi connectivity index (χ4v) is 1.54. The predicted molar refractivity (Wildman–Crippen MR) is 53.6 cm³/mol. The lowest BCUT2D eigenvalue weighted by Gasteiger charge is -2.24. The van der Waals surface area contributed by atoms with Crippen LogP contribution >= 0.6 is 0 Å². The van der Waals surface area contributed by atoms with E-state index in [0.717, 1.165) is 5.56 Å². The van der Waals surface area contributed by atoms with Gasteiger partial charge in [-0.1, -0.05) is 0 Å². The van der Waals surface area contributed by atoms with Crippen LogP contribution in [-0.4, -0.2) is 16.4 Å². The number of hydrogen-bond acceptors (Lipinski definition) is 4. The van der Waals surface area contributed by atoms with Crippen LogP contribution in [0.3, 0.4) is 0 Å². The summed E-state index contributed by atoms with van der Waals surface area (Å²) in [5, 5.41) is 10.00. The van der Waals surface area contributed by atoms with Crippen molar-refractivity contribution in [1.29, 1.82) is 0 Å². The predicted octanol–water partition coefficient (Wildman–Crippen LogP) is 0.769. The van der Waals surface area contributed by atoms with Gasteiger partial charge < -0.3 is 15.6 Å². The summed E-state index contributed by atoms with van der Waals surface area (Å²) in [6, 6.07) is 1.75. The average molecular weight is 194 g/mol. The number of aryl methyl sites for hydroxylation is 1. The number of nitrogen functional groups attached to an aromatic ring is 1. The van der Waals surface area contributed by atoms with Crippen LogP contribution < -0.4 is 5.73 Å². The highest BCUT2D eigenvalue weighted by molar-refractivity contribution is 5.56. The highest BCUT2D eigenvalue weighted by Crippen LogP contribution is 2.29. The van der Waals surface area contributed by atoms with Crippen molar-refractivity contribution in [3.63, 3.8) is 0 Å². The van der Waals surface area contributed by atoms with Gasteiger partial charge in [0.15, 0.2) is 0 Å². The Morgan fingerprint density at radius 3 is 2.86 bits per heavy atom. The Hall–Kier alpha value is -1.42. The zero-order valence-corrected chi connectivity index (χ0v) is 8.32. The van der Waals surface area contributed by atoms with Crippen molar-refractivity contribution in [3.05, 3.63) is 23.4 Å². The molecule has 0 amide bonds. The summed E-state index contributed by atoms with van der Waals surface area (Å²) in [4.78, 5) is 14.3. The molecular formula is C10H14N2O2. The van der Waals surface area contributed by atoms with Gasteiger partial charge in [-0.15, -0.1) is 0 Å². The number of carbonyl (C=O) groups excluding carboxylic acids is 1. The molecule has 1 rings (SSSR count). The van der Waals surface area contributed by atoms with Crippen molar-refractivity contribution in [2.75, 3.05) is 5.73 Å². The maximum absolute atomic E-state index is 10.4. The van der Waals surface area contributed by atoms with E-state index >= 15 is 0 Å². The number of aliphatic hydroxyl groups is 1. The zero-order chi connectivity index (χ0) is 10.8. The molecule has 76 valence electrons. The molecule has 0 aromatic carbocycles. The Balaban J connectivity index is 3.23. The lowest BCUT2D eigenvalue weighted by atomic mass is 9.90. The smallest absolute Gasteiger partial charge is 0.129 e. The Morgan fingerprint density at radius 2 is 2.36 bits per heavy atom. The molecule has 14 heavy (non-hydrogen) atoms. The highest BCUT2D eigenvalue weighted by Gasteiger charge is 2.27. The number of hydrogen-bond donors (Lipinski definition) is 2. The van der Waals surface area contributed by atoms with Crippen LogP contribution in [0.2, 0.25) is 0 Å². The van der Waals surface area contributed by atoms with Crippen molar-refractivity contribution in [2.45, 2.75) is 25.9 Å². The van der Waals surface area contributed by atoms with E-state index in [1.807, 2.05) is 6.92 Å². The minimum Gasteiger partial charge on any atom is -0.385 e. The third kappa shape index (κ3) is 1.90. The molecule has 1 aromatic rings. The van der Waals surface area contributed by atoms with Crippen LogP contribution in [0.1, 0.15) is 24.5 Å². The van der Waals surface area contributed by atoms with Gasteiger partial charge >= 0.3 is 0 Å². The molecular weight excluding hydrogens is 180 g/mol. The molecule has 0 bridgehead atoms. The summed E-state index contributed by atoms with van der Waals surface area (Å²) in [7, 11) is 0. The summed E-state index contributed by atoms with van der Waals surface area (Å²) in [5.41, 5.74) is 5.79. The molecule has 1 aromatic heterocycles. The molecule has 0 saturated heterocycles. The van der Waals surface area contributed by atoms with Gasteiger partial charge in [-0.05, 0) is 25.5 Å². The first-order chi connectivity index (χ1) is 6.49. The summed E-state index contributed by atoms with van der Waals surface area (Å²) in [6.45, 7) is 3.38. The third-order valence-corrected chi connectivity index (χ3v) is 2.21. The van der Waals surface area contributed by atoms with Gasteiger partial charge in [-0.2, -0.15) is 0 Å². The largest absolute Gasteiger partial charge is 0.385 e. The van der Waals surface area contributed by atoms with Crippen LogP contribution in [-0.2, 0) is 10.4 Å². The van der Waals surface area contributed by atoms with E-state index in [4.69, 9.17) is 5.73 Å². The number of aldehydes is 1. The topological polar surface area (TPSA) is 76.2 Å². The number of nitrogens with zero attached hydrogens (tertiary/aromatic N) is 1. The van der Waals surface area contributed by atoms with Gasteiger partial charge in [0.05, 0.1) is 5.60 Å². The molecule has 0 spiro atoms. The molecule has 0 aliphatic carbocycles. The van der Waals surface area contributed by atoms with Gasteiger partial charge in [0, 0.05) is 18.2 Å². The summed E-state index contributed by atoms with van der Waals surface area (Å²) < 4.78 is 0.